The molecule has 0 aliphatic heterocycles. The number of amides is 1. The molecule has 0 bridgehead atoms. The summed E-state index contributed by atoms with van der Waals surface area (Å²) in [5.74, 6) is -3.17. The highest BCUT2D eigenvalue weighted by Crippen LogP contribution is 2.41. The zero-order chi connectivity index (χ0) is 15.5. The van der Waals surface area contributed by atoms with E-state index in [-0.39, 0.29) is 18.7 Å². The van der Waals surface area contributed by atoms with Gasteiger partial charge >= 0.3 is 6.18 Å². The molecule has 7 heteroatoms. The average Bonchev–Trinajstić information content (AvgIpc) is 2.47. The first-order valence-electron chi connectivity index (χ1n) is 6.65. The molecule has 2 unspecified atom stereocenters. The topological polar surface area (TPSA) is 65.8 Å². The quantitative estimate of drug-likeness (QED) is 0.911. The van der Waals surface area contributed by atoms with Gasteiger partial charge in [0, 0.05) is 12.1 Å². The fourth-order valence-electron chi connectivity index (χ4n) is 2.59. The second-order valence-corrected chi connectivity index (χ2v) is 5.07. The number of hydrogen-bond acceptors (Lipinski definition) is 3. The summed E-state index contributed by atoms with van der Waals surface area (Å²) in [6, 6.07) is 4.73. The molecule has 21 heavy (non-hydrogen) atoms. The molecular weight excluding hydrogens is 283 g/mol. The molecular formula is C14H14F3N3O. The van der Waals surface area contributed by atoms with Crippen LogP contribution in [-0.4, -0.2) is 17.1 Å². The van der Waals surface area contributed by atoms with E-state index in [4.69, 9.17) is 5.26 Å². The standard InChI is InChI=1S/C14H14F3N3O/c15-14(16,17)11-4-2-1-3-10(11)13(21)20-12-6-5-9(7-18)8-19-12/h5-6,8,10-11H,1-4H2,(H,19,20,21). The van der Waals surface area contributed by atoms with Gasteiger partial charge in [0.15, 0.2) is 0 Å². The van der Waals surface area contributed by atoms with Crippen molar-refractivity contribution in [2.45, 2.75) is 31.9 Å². The predicted octanol–water partition coefficient (Wildman–Crippen LogP) is 3.26. The molecule has 1 aliphatic rings. The Morgan fingerprint density at radius 3 is 2.62 bits per heavy atom. The lowest BCUT2D eigenvalue weighted by atomic mass is 9.78. The van der Waals surface area contributed by atoms with E-state index in [0.29, 0.717) is 18.4 Å². The van der Waals surface area contributed by atoms with Gasteiger partial charge in [0.05, 0.1) is 11.5 Å². The van der Waals surface area contributed by atoms with Gasteiger partial charge < -0.3 is 5.32 Å². The van der Waals surface area contributed by atoms with Gasteiger partial charge in [0.1, 0.15) is 11.9 Å². The smallest absolute Gasteiger partial charge is 0.310 e. The Labute approximate surface area is 120 Å². The van der Waals surface area contributed by atoms with E-state index in [2.05, 4.69) is 10.3 Å². The number of nitriles is 1. The molecule has 1 N–H and O–H groups in total. The van der Waals surface area contributed by atoms with Crippen molar-refractivity contribution >= 4 is 11.7 Å². The van der Waals surface area contributed by atoms with Crippen molar-refractivity contribution in [3.05, 3.63) is 23.9 Å². The van der Waals surface area contributed by atoms with Gasteiger partial charge in [0.25, 0.3) is 0 Å². The molecule has 0 spiro atoms. The van der Waals surface area contributed by atoms with Crippen molar-refractivity contribution in [3.63, 3.8) is 0 Å². The highest BCUT2D eigenvalue weighted by molar-refractivity contribution is 5.92. The van der Waals surface area contributed by atoms with Crippen LogP contribution >= 0.6 is 0 Å². The number of nitrogens with zero attached hydrogens (tertiary/aromatic N) is 2. The number of anilines is 1. The number of rotatable bonds is 2. The molecule has 0 saturated heterocycles. The average molecular weight is 297 g/mol. The zero-order valence-corrected chi connectivity index (χ0v) is 11.2. The lowest BCUT2D eigenvalue weighted by Crippen LogP contribution is -2.39. The second kappa shape index (κ2) is 6.12. The van der Waals surface area contributed by atoms with Crippen LogP contribution < -0.4 is 5.32 Å². The summed E-state index contributed by atoms with van der Waals surface area (Å²) in [4.78, 5) is 15.9. The first-order chi connectivity index (χ1) is 9.91. The summed E-state index contributed by atoms with van der Waals surface area (Å²) < 4.78 is 38.9. The van der Waals surface area contributed by atoms with Crippen LogP contribution in [0.1, 0.15) is 31.2 Å². The Morgan fingerprint density at radius 2 is 2.05 bits per heavy atom. The van der Waals surface area contributed by atoms with Crippen LogP contribution in [0.15, 0.2) is 18.3 Å². The maximum atomic E-state index is 13.0. The summed E-state index contributed by atoms with van der Waals surface area (Å²) in [6.07, 6.45) is -1.78. The Hall–Kier alpha value is -2.10. The summed E-state index contributed by atoms with van der Waals surface area (Å²) in [5, 5.41) is 11.0. The molecule has 1 heterocycles. The Morgan fingerprint density at radius 1 is 1.33 bits per heavy atom. The lowest BCUT2D eigenvalue weighted by Gasteiger charge is -2.31. The van der Waals surface area contributed by atoms with Crippen molar-refractivity contribution in [1.82, 2.24) is 4.98 Å². The van der Waals surface area contributed by atoms with Gasteiger partial charge in [0.2, 0.25) is 5.91 Å². The minimum Gasteiger partial charge on any atom is -0.310 e. The summed E-state index contributed by atoms with van der Waals surface area (Å²) >= 11 is 0. The molecule has 0 aromatic carbocycles. The molecule has 1 aromatic rings. The summed E-state index contributed by atoms with van der Waals surface area (Å²) in [6.45, 7) is 0. The van der Waals surface area contributed by atoms with Gasteiger partial charge in [-0.3, -0.25) is 4.79 Å². The summed E-state index contributed by atoms with van der Waals surface area (Å²) in [7, 11) is 0. The molecule has 4 nitrogen and oxygen atoms in total. The van der Waals surface area contributed by atoms with Crippen molar-refractivity contribution in [3.8, 4) is 6.07 Å². The number of nitrogens with one attached hydrogen (secondary N) is 1. The van der Waals surface area contributed by atoms with Crippen LogP contribution in [0.2, 0.25) is 0 Å². The van der Waals surface area contributed by atoms with Crippen LogP contribution in [0.4, 0.5) is 19.0 Å². The van der Waals surface area contributed by atoms with Crippen LogP contribution in [0.25, 0.3) is 0 Å². The van der Waals surface area contributed by atoms with E-state index in [1.165, 1.54) is 18.3 Å². The van der Waals surface area contributed by atoms with E-state index in [0.717, 1.165) is 0 Å². The number of hydrogen-bond donors (Lipinski definition) is 1. The minimum absolute atomic E-state index is 0.0115. The van der Waals surface area contributed by atoms with Gasteiger partial charge in [-0.1, -0.05) is 12.8 Å². The maximum absolute atomic E-state index is 13.0. The first kappa shape index (κ1) is 15.3. The molecule has 1 aromatic heterocycles. The molecule has 1 fully saturated rings. The third kappa shape index (κ3) is 3.72. The number of carbonyl (C=O) groups is 1. The van der Waals surface area contributed by atoms with Crippen LogP contribution in [-0.2, 0) is 4.79 Å². The van der Waals surface area contributed by atoms with Crippen molar-refractivity contribution in [2.24, 2.45) is 11.8 Å². The van der Waals surface area contributed by atoms with Crippen LogP contribution in [0.3, 0.4) is 0 Å². The van der Waals surface area contributed by atoms with Gasteiger partial charge in [-0.25, -0.2) is 4.98 Å². The van der Waals surface area contributed by atoms with Crippen LogP contribution in [0.5, 0.6) is 0 Å². The van der Waals surface area contributed by atoms with E-state index in [1.807, 2.05) is 6.07 Å². The molecule has 112 valence electrons. The predicted molar refractivity (Wildman–Crippen MR) is 69.1 cm³/mol. The number of halogens is 3. The normalized spacial score (nSPS) is 22.4. The third-order valence-electron chi connectivity index (χ3n) is 3.67. The highest BCUT2D eigenvalue weighted by Gasteiger charge is 2.48. The number of carbonyl (C=O) groups excluding carboxylic acids is 1. The number of aromatic nitrogens is 1. The van der Waals surface area contributed by atoms with E-state index in [9.17, 15) is 18.0 Å². The molecule has 1 amide bonds. The van der Waals surface area contributed by atoms with Crippen molar-refractivity contribution < 1.29 is 18.0 Å². The third-order valence-corrected chi connectivity index (χ3v) is 3.67. The number of alkyl halides is 3. The fourth-order valence-corrected chi connectivity index (χ4v) is 2.59. The lowest BCUT2D eigenvalue weighted by molar-refractivity contribution is -0.197. The van der Waals surface area contributed by atoms with Gasteiger partial charge in [-0.15, -0.1) is 0 Å². The fraction of sp³-hybridized carbons (Fsp3) is 0.500. The second-order valence-electron chi connectivity index (χ2n) is 5.07. The molecule has 0 radical (unpaired) electrons. The largest absolute Gasteiger partial charge is 0.392 e. The SMILES string of the molecule is N#Cc1ccc(NC(=O)C2CCCCC2C(F)(F)F)nc1. The Bertz CT molecular complexity index is 548. The maximum Gasteiger partial charge on any atom is 0.392 e. The minimum atomic E-state index is -4.36. The van der Waals surface area contributed by atoms with Crippen molar-refractivity contribution in [2.75, 3.05) is 5.32 Å². The van der Waals surface area contributed by atoms with Crippen molar-refractivity contribution in [1.29, 1.82) is 5.26 Å². The zero-order valence-electron chi connectivity index (χ0n) is 11.2. The van der Waals surface area contributed by atoms with E-state index < -0.39 is 23.9 Å². The molecule has 2 rings (SSSR count). The van der Waals surface area contributed by atoms with Crippen LogP contribution in [0, 0.1) is 23.2 Å². The van der Waals surface area contributed by atoms with Gasteiger partial charge in [-0.2, -0.15) is 18.4 Å². The molecule has 1 aliphatic carbocycles. The Kier molecular flexibility index (Phi) is 4.46. The molecule has 2 atom stereocenters. The van der Waals surface area contributed by atoms with E-state index in [1.54, 1.807) is 0 Å². The highest BCUT2D eigenvalue weighted by atomic mass is 19.4. The van der Waals surface area contributed by atoms with E-state index >= 15 is 0 Å². The molecule has 1 saturated carbocycles. The first-order valence-corrected chi connectivity index (χ1v) is 6.65. The van der Waals surface area contributed by atoms with Gasteiger partial charge in [-0.05, 0) is 25.0 Å². The monoisotopic (exact) mass is 297 g/mol. The Balaban J connectivity index is 2.08. The summed E-state index contributed by atoms with van der Waals surface area (Å²) in [5.41, 5.74) is 0.318. The number of pyridine rings is 1.